The van der Waals surface area contributed by atoms with E-state index < -0.39 is 33.8 Å². The largest absolute Gasteiger partial charge is 1.00 e. The van der Waals surface area contributed by atoms with E-state index in [1.165, 1.54) is 0 Å². The van der Waals surface area contributed by atoms with E-state index in [1.54, 1.807) is 0 Å². The monoisotopic (exact) mass is 278 g/mol. The SMILES string of the molecule is NS(=O)(=O)c1ccncc1C[B-](F)(F)F.[K+]. The second-order valence-corrected chi connectivity index (χ2v) is 4.47. The molecule has 0 fully saturated rings. The van der Waals surface area contributed by atoms with Crippen LogP contribution in [0.3, 0.4) is 0 Å². The summed E-state index contributed by atoms with van der Waals surface area (Å²) in [5.41, 5.74) is -0.424. The maximum absolute atomic E-state index is 12.1. The third kappa shape index (κ3) is 5.25. The molecule has 1 heterocycles. The summed E-state index contributed by atoms with van der Waals surface area (Å²) in [5.74, 6) is 0. The van der Waals surface area contributed by atoms with Crippen molar-refractivity contribution in [3.63, 3.8) is 0 Å². The molecule has 0 aliphatic heterocycles. The molecule has 0 amide bonds. The number of rotatable bonds is 3. The molecule has 0 saturated carbocycles. The fraction of sp³-hybridized carbons (Fsp3) is 0.167. The normalized spacial score (nSPS) is 12.0. The molecule has 0 spiro atoms. The maximum Gasteiger partial charge on any atom is 1.00 e. The molecule has 0 bridgehead atoms. The van der Waals surface area contributed by atoms with Gasteiger partial charge in [-0.25, -0.2) is 13.6 Å². The minimum atomic E-state index is -5.11. The first-order chi connectivity index (χ1) is 6.70. The van der Waals surface area contributed by atoms with Crippen LogP contribution in [0.4, 0.5) is 12.9 Å². The Morgan fingerprint density at radius 1 is 1.38 bits per heavy atom. The van der Waals surface area contributed by atoms with E-state index in [9.17, 15) is 21.4 Å². The van der Waals surface area contributed by atoms with E-state index >= 15 is 0 Å². The van der Waals surface area contributed by atoms with Crippen LogP contribution < -0.4 is 56.5 Å². The van der Waals surface area contributed by atoms with Crippen LogP contribution in [0, 0.1) is 0 Å². The van der Waals surface area contributed by atoms with Crippen LogP contribution in [0.5, 0.6) is 0 Å². The van der Waals surface area contributed by atoms with Crippen molar-refractivity contribution in [2.75, 3.05) is 0 Å². The van der Waals surface area contributed by atoms with Crippen molar-refractivity contribution in [3.05, 3.63) is 24.0 Å². The van der Waals surface area contributed by atoms with Crippen LogP contribution in [-0.2, 0) is 16.3 Å². The van der Waals surface area contributed by atoms with Crippen LogP contribution in [0.15, 0.2) is 23.4 Å². The number of aromatic nitrogens is 1. The number of primary sulfonamides is 1. The molecule has 1 aromatic heterocycles. The fourth-order valence-electron chi connectivity index (χ4n) is 1.09. The molecule has 16 heavy (non-hydrogen) atoms. The van der Waals surface area contributed by atoms with Gasteiger partial charge in [0.25, 0.3) is 0 Å². The van der Waals surface area contributed by atoms with Gasteiger partial charge >= 0.3 is 58.4 Å². The average Bonchev–Trinajstić information content (AvgIpc) is 1.99. The van der Waals surface area contributed by atoms with E-state index in [-0.39, 0.29) is 51.4 Å². The van der Waals surface area contributed by atoms with E-state index in [0.29, 0.717) is 0 Å². The molecule has 0 unspecified atom stereocenters. The predicted octanol–water partition coefficient (Wildman–Crippen LogP) is -2.34. The zero-order valence-corrected chi connectivity index (χ0v) is 12.3. The zero-order chi connectivity index (χ0) is 11.7. The summed E-state index contributed by atoms with van der Waals surface area (Å²) < 4.78 is 58.2. The van der Waals surface area contributed by atoms with E-state index in [2.05, 4.69) is 4.98 Å². The van der Waals surface area contributed by atoms with Gasteiger partial charge in [0.1, 0.15) is 0 Å². The summed E-state index contributed by atoms with van der Waals surface area (Å²) in [6.45, 7) is -5.11. The van der Waals surface area contributed by atoms with Gasteiger partial charge in [-0.05, 0) is 11.6 Å². The Balaban J connectivity index is 0.00000225. The number of sulfonamides is 1. The molecule has 2 N–H and O–H groups in total. The van der Waals surface area contributed by atoms with Crippen LogP contribution >= 0.6 is 0 Å². The van der Waals surface area contributed by atoms with Crippen molar-refractivity contribution in [2.24, 2.45) is 5.14 Å². The van der Waals surface area contributed by atoms with Crippen LogP contribution in [0.25, 0.3) is 0 Å². The van der Waals surface area contributed by atoms with Crippen molar-refractivity contribution in [2.45, 2.75) is 11.2 Å². The van der Waals surface area contributed by atoms with Gasteiger partial charge < -0.3 is 12.9 Å². The van der Waals surface area contributed by atoms with Crippen LogP contribution in [0.1, 0.15) is 5.56 Å². The molecule has 0 atom stereocenters. The first-order valence-electron chi connectivity index (χ1n) is 3.87. The van der Waals surface area contributed by atoms with Gasteiger partial charge in [-0.2, -0.15) is 0 Å². The first-order valence-corrected chi connectivity index (χ1v) is 5.41. The van der Waals surface area contributed by atoms with E-state index in [4.69, 9.17) is 5.14 Å². The van der Waals surface area contributed by atoms with E-state index in [1.807, 2.05) is 0 Å². The molecule has 10 heteroatoms. The van der Waals surface area contributed by atoms with Gasteiger partial charge in [0.05, 0.1) is 4.90 Å². The summed E-state index contributed by atoms with van der Waals surface area (Å²) in [6.07, 6.45) is 0.626. The molecule has 0 aromatic carbocycles. The van der Waals surface area contributed by atoms with Gasteiger partial charge in [-0.1, -0.05) is 6.32 Å². The molecule has 0 radical (unpaired) electrons. The molecule has 0 aliphatic carbocycles. The molecule has 4 nitrogen and oxygen atoms in total. The Morgan fingerprint density at radius 2 is 1.94 bits per heavy atom. The second-order valence-electron chi connectivity index (χ2n) is 2.94. The number of halogens is 3. The number of hydrogen-bond donors (Lipinski definition) is 1. The van der Waals surface area contributed by atoms with Crippen LogP contribution in [-0.4, -0.2) is 20.4 Å². The quantitative estimate of drug-likeness (QED) is 0.630. The summed E-state index contributed by atoms with van der Waals surface area (Å²) >= 11 is 0. The Kier molecular flexibility index (Phi) is 6.14. The minimum Gasteiger partial charge on any atom is -0.449 e. The summed E-state index contributed by atoms with van der Waals surface area (Å²) in [7, 11) is -4.14. The van der Waals surface area contributed by atoms with Crippen molar-refractivity contribution in [1.82, 2.24) is 4.98 Å². The zero-order valence-electron chi connectivity index (χ0n) is 8.40. The smallest absolute Gasteiger partial charge is 0.449 e. The Labute approximate surface area is 133 Å². The minimum absolute atomic E-state index is 0. The number of pyridine rings is 1. The van der Waals surface area contributed by atoms with E-state index in [0.717, 1.165) is 18.5 Å². The van der Waals surface area contributed by atoms with Crippen LogP contribution in [0.2, 0.25) is 0 Å². The van der Waals surface area contributed by atoms with Crippen molar-refractivity contribution in [1.29, 1.82) is 0 Å². The molecule has 0 saturated heterocycles. The summed E-state index contributed by atoms with van der Waals surface area (Å²) in [4.78, 5) is 2.90. The number of nitrogens with zero attached hydrogens (tertiary/aromatic N) is 1. The van der Waals surface area contributed by atoms with Gasteiger partial charge in [-0.15, -0.1) is 0 Å². The van der Waals surface area contributed by atoms with Gasteiger partial charge in [-0.3, -0.25) is 4.98 Å². The number of nitrogens with two attached hydrogens (primary N) is 1. The fourth-order valence-corrected chi connectivity index (χ4v) is 1.85. The summed E-state index contributed by atoms with van der Waals surface area (Å²) in [5, 5.41) is 4.76. The first kappa shape index (κ1) is 16.6. The molecule has 84 valence electrons. The average molecular weight is 278 g/mol. The molecule has 1 rings (SSSR count). The predicted molar refractivity (Wildman–Crippen MR) is 48.4 cm³/mol. The van der Waals surface area contributed by atoms with Crippen molar-refractivity contribution >= 4 is 17.0 Å². The molecule has 0 aliphatic rings. The number of hydrogen-bond acceptors (Lipinski definition) is 3. The van der Waals surface area contributed by atoms with Crippen molar-refractivity contribution < 1.29 is 72.7 Å². The molecular weight excluding hydrogens is 271 g/mol. The van der Waals surface area contributed by atoms with Crippen molar-refractivity contribution in [3.8, 4) is 0 Å². The topological polar surface area (TPSA) is 73.1 Å². The summed E-state index contributed by atoms with van der Waals surface area (Å²) in [6, 6.07) is 0.951. The van der Waals surface area contributed by atoms with Gasteiger partial charge in [0.15, 0.2) is 0 Å². The van der Waals surface area contributed by atoms with Gasteiger partial charge in [0, 0.05) is 12.4 Å². The Bertz CT molecular complexity index is 465. The molecule has 1 aromatic rings. The maximum atomic E-state index is 12.1. The standard InChI is InChI=1S/C6H7BF3N2O2S.K/c8-7(9,10)3-5-4-12-2-1-6(5)15(11,13)14;/h1-2,4H,3H2,(H2,11,13,14);/q-1;+1. The third-order valence-electron chi connectivity index (χ3n) is 1.62. The second kappa shape index (κ2) is 5.94. The molecular formula is C6H7BF3KN2O2S. The third-order valence-corrected chi connectivity index (χ3v) is 2.63. The Morgan fingerprint density at radius 3 is 2.38 bits per heavy atom. The Hall–Kier alpha value is 0.551. The van der Waals surface area contributed by atoms with Gasteiger partial charge in [0.2, 0.25) is 10.0 Å².